The van der Waals surface area contributed by atoms with E-state index in [1.807, 2.05) is 30.3 Å². The van der Waals surface area contributed by atoms with Gasteiger partial charge in [-0.2, -0.15) is 0 Å². The highest BCUT2D eigenvalue weighted by Gasteiger charge is 2.43. The summed E-state index contributed by atoms with van der Waals surface area (Å²) in [6, 6.07) is 9.52. The zero-order valence-electron chi connectivity index (χ0n) is 11.4. The average Bonchev–Trinajstić information content (AvgIpc) is 2.95. The molecule has 0 atom stereocenters. The number of nitrogens with one attached hydrogen (secondary N) is 1. The van der Waals surface area contributed by atoms with Crippen molar-refractivity contribution in [3.8, 4) is 5.75 Å². The third-order valence-corrected chi connectivity index (χ3v) is 4.15. The molecule has 0 bridgehead atoms. The smallest absolute Gasteiger partial charge is 0.233 e. The van der Waals surface area contributed by atoms with Crippen molar-refractivity contribution < 1.29 is 9.53 Å². The summed E-state index contributed by atoms with van der Waals surface area (Å²) in [7, 11) is 0. The maximum absolute atomic E-state index is 12.3. The van der Waals surface area contributed by atoms with E-state index >= 15 is 0 Å². The minimum atomic E-state index is -0.637. The van der Waals surface area contributed by atoms with Gasteiger partial charge in [-0.1, -0.05) is 43.3 Å². The lowest BCUT2D eigenvalue weighted by Crippen LogP contribution is -2.48. The number of carbonyl (C=O) groups excluding carboxylic acids is 1. The summed E-state index contributed by atoms with van der Waals surface area (Å²) in [6.07, 6.45) is 3.53. The summed E-state index contributed by atoms with van der Waals surface area (Å²) in [5, 5.41) is 2.89. The molecule has 1 aromatic carbocycles. The predicted molar refractivity (Wildman–Crippen MR) is 82.6 cm³/mol. The molecule has 0 aliphatic heterocycles. The van der Waals surface area contributed by atoms with Crippen LogP contribution in [0.5, 0.6) is 5.75 Å². The lowest BCUT2D eigenvalue weighted by molar-refractivity contribution is -0.127. The highest BCUT2D eigenvalue weighted by Crippen LogP contribution is 2.38. The van der Waals surface area contributed by atoms with Crippen LogP contribution >= 0.6 is 12.2 Å². The van der Waals surface area contributed by atoms with Crippen LogP contribution in [0.15, 0.2) is 30.3 Å². The summed E-state index contributed by atoms with van der Waals surface area (Å²) in [5.74, 6) is 0.742. The maximum Gasteiger partial charge on any atom is 0.233 e. The van der Waals surface area contributed by atoms with Crippen molar-refractivity contribution >= 4 is 23.1 Å². The van der Waals surface area contributed by atoms with Crippen molar-refractivity contribution in [3.05, 3.63) is 30.3 Å². The van der Waals surface area contributed by atoms with Crippen LogP contribution in [0, 0.1) is 5.41 Å². The summed E-state index contributed by atoms with van der Waals surface area (Å²) < 4.78 is 5.53. The van der Waals surface area contributed by atoms with Crippen molar-refractivity contribution in [2.75, 3.05) is 13.2 Å². The molecule has 0 radical (unpaired) electrons. The van der Waals surface area contributed by atoms with E-state index in [9.17, 15) is 4.79 Å². The van der Waals surface area contributed by atoms with Gasteiger partial charge in [0.2, 0.25) is 5.91 Å². The Hall–Kier alpha value is -1.62. The van der Waals surface area contributed by atoms with E-state index < -0.39 is 5.41 Å². The van der Waals surface area contributed by atoms with Crippen molar-refractivity contribution in [1.29, 1.82) is 0 Å². The number of hydrogen-bond donors (Lipinski definition) is 2. The van der Waals surface area contributed by atoms with E-state index in [1.54, 1.807) is 0 Å². The standard InChI is InChI=1S/C15H20N2O2S/c16-13(20)15(8-4-5-9-15)14(18)17-10-11-19-12-6-2-1-3-7-12/h1-3,6-7H,4-5,8-11H2,(H2,16,20)(H,17,18). The molecule has 1 saturated carbocycles. The van der Waals surface area contributed by atoms with Crippen LogP contribution in [-0.2, 0) is 4.79 Å². The Morgan fingerprint density at radius 3 is 2.55 bits per heavy atom. The van der Waals surface area contributed by atoms with Crippen molar-refractivity contribution in [2.24, 2.45) is 11.1 Å². The van der Waals surface area contributed by atoms with Crippen molar-refractivity contribution in [2.45, 2.75) is 25.7 Å². The van der Waals surface area contributed by atoms with Crippen LogP contribution in [0.2, 0.25) is 0 Å². The Morgan fingerprint density at radius 1 is 1.30 bits per heavy atom. The van der Waals surface area contributed by atoms with E-state index in [0.29, 0.717) is 18.1 Å². The van der Waals surface area contributed by atoms with Crippen molar-refractivity contribution in [3.63, 3.8) is 0 Å². The van der Waals surface area contributed by atoms with E-state index in [4.69, 9.17) is 22.7 Å². The zero-order valence-corrected chi connectivity index (χ0v) is 12.2. The molecule has 1 fully saturated rings. The molecule has 1 amide bonds. The molecule has 3 N–H and O–H groups in total. The van der Waals surface area contributed by atoms with Gasteiger partial charge in [-0.3, -0.25) is 4.79 Å². The second-order valence-electron chi connectivity index (χ2n) is 5.07. The molecule has 0 spiro atoms. The van der Waals surface area contributed by atoms with Gasteiger partial charge in [-0.15, -0.1) is 0 Å². The Balaban J connectivity index is 1.79. The fourth-order valence-corrected chi connectivity index (χ4v) is 2.88. The molecule has 20 heavy (non-hydrogen) atoms. The lowest BCUT2D eigenvalue weighted by Gasteiger charge is -2.26. The first-order valence-electron chi connectivity index (χ1n) is 6.91. The number of ether oxygens (including phenoxy) is 1. The molecule has 4 nitrogen and oxygen atoms in total. The molecule has 2 rings (SSSR count). The SMILES string of the molecule is NC(=S)C1(C(=O)NCCOc2ccccc2)CCCC1. The molecule has 108 valence electrons. The molecule has 0 aromatic heterocycles. The van der Waals surface area contributed by atoms with Gasteiger partial charge in [0.25, 0.3) is 0 Å². The molecule has 0 heterocycles. The number of amides is 1. The number of nitrogens with two attached hydrogens (primary N) is 1. The number of para-hydroxylation sites is 1. The lowest BCUT2D eigenvalue weighted by atomic mass is 9.85. The molecule has 5 heteroatoms. The first-order chi connectivity index (χ1) is 9.65. The molecule has 1 aliphatic rings. The number of carbonyl (C=O) groups is 1. The maximum atomic E-state index is 12.3. The number of hydrogen-bond acceptors (Lipinski definition) is 3. The van der Waals surface area contributed by atoms with Gasteiger partial charge in [0, 0.05) is 0 Å². The van der Waals surface area contributed by atoms with E-state index in [1.165, 1.54) is 0 Å². The van der Waals surface area contributed by atoms with Crippen LogP contribution in [0.1, 0.15) is 25.7 Å². The predicted octanol–water partition coefficient (Wildman–Crippen LogP) is 2.03. The average molecular weight is 292 g/mol. The van der Waals surface area contributed by atoms with Gasteiger partial charge in [-0.05, 0) is 25.0 Å². The normalized spacial score (nSPS) is 16.6. The Bertz CT molecular complexity index is 470. The third-order valence-electron chi connectivity index (χ3n) is 3.76. The zero-order chi connectivity index (χ0) is 14.4. The summed E-state index contributed by atoms with van der Waals surface area (Å²) in [6.45, 7) is 0.890. The van der Waals surface area contributed by atoms with Crippen LogP contribution < -0.4 is 15.8 Å². The molecular formula is C15H20N2O2S. The van der Waals surface area contributed by atoms with Gasteiger partial charge in [-0.25, -0.2) is 0 Å². The van der Waals surface area contributed by atoms with E-state index in [2.05, 4.69) is 5.32 Å². The minimum Gasteiger partial charge on any atom is -0.492 e. The quantitative estimate of drug-likeness (QED) is 0.622. The van der Waals surface area contributed by atoms with Gasteiger partial charge in [0.1, 0.15) is 12.4 Å². The minimum absolute atomic E-state index is 0.0563. The van der Waals surface area contributed by atoms with Gasteiger partial charge < -0.3 is 15.8 Å². The molecule has 0 saturated heterocycles. The van der Waals surface area contributed by atoms with Crippen LogP contribution in [0.3, 0.4) is 0 Å². The second kappa shape index (κ2) is 6.70. The molecular weight excluding hydrogens is 272 g/mol. The summed E-state index contributed by atoms with van der Waals surface area (Å²) in [5.41, 5.74) is 5.13. The fraction of sp³-hybridized carbons (Fsp3) is 0.467. The van der Waals surface area contributed by atoms with Gasteiger partial charge in [0.05, 0.1) is 16.9 Å². The second-order valence-corrected chi connectivity index (χ2v) is 5.51. The first kappa shape index (κ1) is 14.8. The van der Waals surface area contributed by atoms with Crippen LogP contribution in [0.4, 0.5) is 0 Å². The van der Waals surface area contributed by atoms with Crippen molar-refractivity contribution in [1.82, 2.24) is 5.32 Å². The van der Waals surface area contributed by atoms with E-state index in [-0.39, 0.29) is 5.91 Å². The largest absolute Gasteiger partial charge is 0.492 e. The van der Waals surface area contributed by atoms with Crippen LogP contribution in [-0.4, -0.2) is 24.0 Å². The fourth-order valence-electron chi connectivity index (χ4n) is 2.58. The molecule has 0 unspecified atom stereocenters. The topological polar surface area (TPSA) is 64.4 Å². The Labute approximate surface area is 124 Å². The first-order valence-corrected chi connectivity index (χ1v) is 7.32. The van der Waals surface area contributed by atoms with E-state index in [0.717, 1.165) is 31.4 Å². The molecule has 1 aliphatic carbocycles. The molecule has 1 aromatic rings. The summed E-state index contributed by atoms with van der Waals surface area (Å²) in [4.78, 5) is 12.6. The highest BCUT2D eigenvalue weighted by atomic mass is 32.1. The third kappa shape index (κ3) is 3.28. The highest BCUT2D eigenvalue weighted by molar-refractivity contribution is 7.80. The number of thiocarbonyl (C=S) groups is 1. The van der Waals surface area contributed by atoms with Gasteiger partial charge >= 0.3 is 0 Å². The van der Waals surface area contributed by atoms with Crippen LogP contribution in [0.25, 0.3) is 0 Å². The number of benzene rings is 1. The summed E-state index contributed by atoms with van der Waals surface area (Å²) >= 11 is 5.08. The van der Waals surface area contributed by atoms with Gasteiger partial charge in [0.15, 0.2) is 0 Å². The Morgan fingerprint density at radius 2 is 1.95 bits per heavy atom. The Kier molecular flexibility index (Phi) is 4.95. The monoisotopic (exact) mass is 292 g/mol. The number of rotatable bonds is 6.